The molecule has 0 atom stereocenters. The highest BCUT2D eigenvalue weighted by Crippen LogP contribution is 2.30. The fourth-order valence-corrected chi connectivity index (χ4v) is 3.73. The monoisotopic (exact) mass is 396 g/mol. The van der Waals surface area contributed by atoms with Crippen LogP contribution in [0.1, 0.15) is 20.9 Å². The van der Waals surface area contributed by atoms with Crippen LogP contribution >= 0.6 is 22.9 Å². The van der Waals surface area contributed by atoms with Gasteiger partial charge in [-0.1, -0.05) is 22.9 Å². The first-order chi connectivity index (χ1) is 12.4. The van der Waals surface area contributed by atoms with E-state index in [4.69, 9.17) is 11.6 Å². The van der Waals surface area contributed by atoms with Crippen LogP contribution in [0, 0.1) is 10.1 Å². The van der Waals surface area contributed by atoms with Crippen molar-refractivity contribution in [1.82, 2.24) is 9.88 Å². The van der Waals surface area contributed by atoms with Crippen molar-refractivity contribution in [1.29, 1.82) is 0 Å². The Hall–Kier alpha value is -2.72. The largest absolute Gasteiger partial charge is 0.453 e. The molecule has 11 heteroatoms. The summed E-state index contributed by atoms with van der Waals surface area (Å²) in [5, 5.41) is 14.0. The number of nitro benzene ring substituents is 1. The van der Waals surface area contributed by atoms with E-state index in [1.54, 1.807) is 4.90 Å². The summed E-state index contributed by atoms with van der Waals surface area (Å²) >= 11 is 7.30. The number of aromatic nitrogens is 1. The van der Waals surface area contributed by atoms with Crippen LogP contribution in [0.5, 0.6) is 0 Å². The first-order valence-electron chi connectivity index (χ1n) is 7.46. The molecule has 0 bridgehead atoms. The molecule has 9 nitrogen and oxygen atoms in total. The van der Waals surface area contributed by atoms with Gasteiger partial charge in [0.15, 0.2) is 5.13 Å². The Balaban J connectivity index is 1.80. The Kier molecular flexibility index (Phi) is 5.05. The molecule has 0 radical (unpaired) electrons. The maximum absolute atomic E-state index is 12.7. The predicted molar refractivity (Wildman–Crippen MR) is 94.7 cm³/mol. The fourth-order valence-electron chi connectivity index (χ4n) is 2.52. The van der Waals surface area contributed by atoms with E-state index in [-0.39, 0.29) is 28.7 Å². The summed E-state index contributed by atoms with van der Waals surface area (Å²) < 4.78 is 4.53. The van der Waals surface area contributed by atoms with E-state index in [2.05, 4.69) is 15.0 Å². The van der Waals surface area contributed by atoms with Gasteiger partial charge >= 0.3 is 6.09 Å². The molecule has 0 saturated heterocycles. The van der Waals surface area contributed by atoms with Gasteiger partial charge in [0, 0.05) is 30.0 Å². The number of ether oxygens (including phenoxy) is 1. The first-order valence-corrected chi connectivity index (χ1v) is 8.65. The molecule has 3 rings (SSSR count). The SMILES string of the molecule is COC(=O)Nc1nc2c(s1)CN(C(=O)c1cc([N+](=O)[O-])ccc1Cl)CC2. The molecule has 1 aliphatic rings. The Bertz CT molecular complexity index is 900. The van der Waals surface area contributed by atoms with Crippen LogP contribution in [0.15, 0.2) is 18.2 Å². The van der Waals surface area contributed by atoms with Gasteiger partial charge in [0.1, 0.15) is 0 Å². The lowest BCUT2D eigenvalue weighted by atomic mass is 10.1. The third-order valence-corrected chi connectivity index (χ3v) is 5.13. The summed E-state index contributed by atoms with van der Waals surface area (Å²) in [7, 11) is 1.26. The van der Waals surface area contributed by atoms with E-state index < -0.39 is 11.0 Å². The van der Waals surface area contributed by atoms with E-state index in [9.17, 15) is 19.7 Å². The van der Waals surface area contributed by atoms with Gasteiger partial charge in [0.25, 0.3) is 11.6 Å². The number of carbonyl (C=O) groups is 2. The van der Waals surface area contributed by atoms with Crippen LogP contribution in [0.2, 0.25) is 5.02 Å². The molecule has 0 spiro atoms. The summed E-state index contributed by atoms with van der Waals surface area (Å²) in [6, 6.07) is 3.77. The molecule has 1 aliphatic heterocycles. The number of rotatable bonds is 3. The van der Waals surface area contributed by atoms with Crippen molar-refractivity contribution in [3.8, 4) is 0 Å². The van der Waals surface area contributed by atoms with E-state index in [1.165, 1.54) is 36.6 Å². The quantitative estimate of drug-likeness (QED) is 0.629. The number of nitrogens with one attached hydrogen (secondary N) is 1. The number of fused-ring (bicyclic) bond motifs is 1. The maximum Gasteiger partial charge on any atom is 0.413 e. The van der Waals surface area contributed by atoms with Crippen molar-refractivity contribution < 1.29 is 19.2 Å². The summed E-state index contributed by atoms with van der Waals surface area (Å²) in [6.07, 6.45) is -0.111. The number of hydrogen-bond donors (Lipinski definition) is 1. The highest BCUT2D eigenvalue weighted by Gasteiger charge is 2.27. The zero-order valence-corrected chi connectivity index (χ0v) is 15.1. The second kappa shape index (κ2) is 7.26. The average Bonchev–Trinajstić information content (AvgIpc) is 3.02. The Morgan fingerprint density at radius 3 is 2.92 bits per heavy atom. The van der Waals surface area contributed by atoms with Gasteiger partial charge in [-0.15, -0.1) is 0 Å². The third-order valence-electron chi connectivity index (χ3n) is 3.80. The number of methoxy groups -OCH3 is 1. The lowest BCUT2D eigenvalue weighted by molar-refractivity contribution is -0.384. The van der Waals surface area contributed by atoms with Crippen LogP contribution in [0.3, 0.4) is 0 Å². The minimum atomic E-state index is -0.618. The van der Waals surface area contributed by atoms with Crippen molar-refractivity contribution in [3.63, 3.8) is 0 Å². The molecule has 0 unspecified atom stereocenters. The molecular formula is C15H13ClN4O5S. The normalized spacial score (nSPS) is 13.1. The molecule has 2 aromatic rings. The zero-order chi connectivity index (χ0) is 18.8. The lowest BCUT2D eigenvalue weighted by Crippen LogP contribution is -2.35. The molecule has 0 aliphatic carbocycles. The number of anilines is 1. The molecule has 0 fully saturated rings. The van der Waals surface area contributed by atoms with Crippen molar-refractivity contribution in [2.45, 2.75) is 13.0 Å². The van der Waals surface area contributed by atoms with Crippen LogP contribution in [0.25, 0.3) is 0 Å². The molecule has 1 N–H and O–H groups in total. The number of halogens is 1. The van der Waals surface area contributed by atoms with Crippen LogP contribution < -0.4 is 5.32 Å². The number of thiazole rings is 1. The second-order valence-electron chi connectivity index (χ2n) is 5.40. The fraction of sp³-hybridized carbons (Fsp3) is 0.267. The highest BCUT2D eigenvalue weighted by molar-refractivity contribution is 7.15. The number of hydrogen-bond acceptors (Lipinski definition) is 7. The Labute approximate surface area is 156 Å². The molecule has 1 aromatic heterocycles. The van der Waals surface area contributed by atoms with Gasteiger partial charge in [-0.2, -0.15) is 0 Å². The molecule has 26 heavy (non-hydrogen) atoms. The minimum Gasteiger partial charge on any atom is -0.453 e. The smallest absolute Gasteiger partial charge is 0.413 e. The van der Waals surface area contributed by atoms with Crippen LogP contribution in [-0.4, -0.2) is 40.5 Å². The average molecular weight is 397 g/mol. The van der Waals surface area contributed by atoms with Gasteiger partial charge in [-0.05, 0) is 6.07 Å². The summed E-state index contributed by atoms with van der Waals surface area (Å²) in [6.45, 7) is 0.681. The first kappa shape index (κ1) is 18.1. The predicted octanol–water partition coefficient (Wildman–Crippen LogP) is 3.08. The number of nitrogens with zero attached hydrogens (tertiary/aromatic N) is 3. The van der Waals surface area contributed by atoms with Crippen molar-refractivity contribution in [2.75, 3.05) is 19.0 Å². The van der Waals surface area contributed by atoms with Crippen molar-refractivity contribution >= 4 is 45.8 Å². The molecular weight excluding hydrogens is 384 g/mol. The summed E-state index contributed by atoms with van der Waals surface area (Å²) in [5.41, 5.74) is 0.690. The van der Waals surface area contributed by atoms with Gasteiger partial charge in [0.05, 0.1) is 34.9 Å². The molecule has 0 saturated carbocycles. The van der Waals surface area contributed by atoms with E-state index >= 15 is 0 Å². The van der Waals surface area contributed by atoms with E-state index in [0.29, 0.717) is 18.1 Å². The topological polar surface area (TPSA) is 115 Å². The number of amides is 2. The number of nitro groups is 1. The highest BCUT2D eigenvalue weighted by atomic mass is 35.5. The zero-order valence-electron chi connectivity index (χ0n) is 13.5. The van der Waals surface area contributed by atoms with Crippen molar-refractivity contribution in [3.05, 3.63) is 49.5 Å². The van der Waals surface area contributed by atoms with E-state index in [1.807, 2.05) is 0 Å². The molecule has 136 valence electrons. The Morgan fingerprint density at radius 2 is 2.23 bits per heavy atom. The molecule has 2 amide bonds. The van der Waals surface area contributed by atoms with Gasteiger partial charge in [-0.25, -0.2) is 9.78 Å². The summed E-state index contributed by atoms with van der Waals surface area (Å²) in [4.78, 5) is 41.1. The standard InChI is InChI=1S/C15H13ClN4O5S/c1-25-15(22)18-14-17-11-4-5-19(7-12(11)26-14)13(21)9-6-8(20(23)24)2-3-10(9)16/h2-3,6H,4-5,7H2,1H3,(H,17,18,22). The van der Waals surface area contributed by atoms with Gasteiger partial charge < -0.3 is 9.64 Å². The second-order valence-corrected chi connectivity index (χ2v) is 6.89. The van der Waals surface area contributed by atoms with Gasteiger partial charge in [0.2, 0.25) is 0 Å². The number of non-ortho nitro benzene ring substituents is 1. The maximum atomic E-state index is 12.7. The molecule has 1 aromatic carbocycles. The Morgan fingerprint density at radius 1 is 1.46 bits per heavy atom. The van der Waals surface area contributed by atoms with Crippen LogP contribution in [0.4, 0.5) is 15.6 Å². The number of benzene rings is 1. The van der Waals surface area contributed by atoms with Gasteiger partial charge in [-0.3, -0.25) is 20.2 Å². The van der Waals surface area contributed by atoms with Crippen LogP contribution in [-0.2, 0) is 17.7 Å². The number of carbonyl (C=O) groups excluding carboxylic acids is 2. The van der Waals surface area contributed by atoms with Crippen molar-refractivity contribution in [2.24, 2.45) is 0 Å². The molecule has 2 heterocycles. The minimum absolute atomic E-state index is 0.0849. The third kappa shape index (κ3) is 3.60. The lowest BCUT2D eigenvalue weighted by Gasteiger charge is -2.26. The van der Waals surface area contributed by atoms with E-state index in [0.717, 1.165) is 10.6 Å². The summed E-state index contributed by atoms with van der Waals surface area (Å²) in [5.74, 6) is -0.389.